The van der Waals surface area contributed by atoms with Crippen molar-refractivity contribution in [3.63, 3.8) is 0 Å². The Kier molecular flexibility index (Phi) is 10.8. The van der Waals surface area contributed by atoms with Crippen molar-refractivity contribution < 1.29 is 24.2 Å². The summed E-state index contributed by atoms with van der Waals surface area (Å²) in [6.07, 6.45) is 12.1. The van der Waals surface area contributed by atoms with E-state index in [0.29, 0.717) is 17.7 Å². The zero-order chi connectivity index (χ0) is 26.0. The molecule has 0 radical (unpaired) electrons. The molecule has 1 aliphatic carbocycles. The first-order valence-corrected chi connectivity index (χ1v) is 13.3. The molecule has 3 N–H and O–H groups in total. The Labute approximate surface area is 212 Å². The third-order valence-corrected chi connectivity index (χ3v) is 6.26. The maximum Gasteiger partial charge on any atom is 0.408 e. The highest BCUT2D eigenvalue weighted by molar-refractivity contribution is 7.98. The molecule has 1 fully saturated rings. The van der Waals surface area contributed by atoms with Crippen molar-refractivity contribution in [2.24, 2.45) is 0 Å². The van der Waals surface area contributed by atoms with Gasteiger partial charge in [-0.25, -0.2) is 4.79 Å². The van der Waals surface area contributed by atoms with Crippen molar-refractivity contribution in [3.8, 4) is 18.2 Å². The fourth-order valence-electron chi connectivity index (χ4n) is 4.02. The summed E-state index contributed by atoms with van der Waals surface area (Å²) in [7, 11) is 0. The summed E-state index contributed by atoms with van der Waals surface area (Å²) < 4.78 is 5.33. The maximum absolute atomic E-state index is 13.6. The monoisotopic (exact) mass is 503 g/mol. The lowest BCUT2D eigenvalue weighted by Crippen LogP contribution is -2.52. The van der Waals surface area contributed by atoms with Gasteiger partial charge in [0.25, 0.3) is 5.91 Å². The van der Waals surface area contributed by atoms with Crippen LogP contribution >= 0.6 is 11.8 Å². The topological polar surface area (TPSA) is 108 Å². The molecule has 8 nitrogen and oxygen atoms in total. The van der Waals surface area contributed by atoms with Crippen molar-refractivity contribution >= 4 is 29.7 Å². The van der Waals surface area contributed by atoms with Gasteiger partial charge in [-0.1, -0.05) is 37.8 Å². The Hall–Kier alpha value is -2.86. The van der Waals surface area contributed by atoms with Crippen LogP contribution in [0.1, 0.15) is 70.9 Å². The molecule has 2 rings (SSSR count). The lowest BCUT2D eigenvalue weighted by atomic mass is 9.94. The summed E-state index contributed by atoms with van der Waals surface area (Å²) in [5.41, 5.74) is -0.363. The van der Waals surface area contributed by atoms with Gasteiger partial charge < -0.3 is 20.5 Å². The first kappa shape index (κ1) is 28.4. The number of terminal acetylenes is 1. The van der Waals surface area contributed by atoms with Gasteiger partial charge in [-0.2, -0.15) is 11.8 Å². The van der Waals surface area contributed by atoms with Gasteiger partial charge in [0.2, 0.25) is 5.91 Å². The molecule has 1 aromatic rings. The van der Waals surface area contributed by atoms with Crippen LogP contribution in [0, 0.1) is 12.5 Å². The van der Waals surface area contributed by atoms with E-state index in [9.17, 15) is 19.5 Å². The highest BCUT2D eigenvalue weighted by Gasteiger charge is 2.36. The average molecular weight is 504 g/mol. The van der Waals surface area contributed by atoms with Gasteiger partial charge in [-0.3, -0.25) is 14.5 Å². The second kappa shape index (κ2) is 13.3. The summed E-state index contributed by atoms with van der Waals surface area (Å²) in [5.74, 6) is -0.488. The average Bonchev–Trinajstić information content (AvgIpc) is 2.79. The number of hydrogen-bond donors (Lipinski definition) is 3. The van der Waals surface area contributed by atoms with Gasteiger partial charge in [0.15, 0.2) is 0 Å². The highest BCUT2D eigenvalue weighted by Crippen LogP contribution is 2.27. The molecule has 0 aromatic heterocycles. The van der Waals surface area contributed by atoms with Crippen LogP contribution in [0.15, 0.2) is 24.3 Å². The van der Waals surface area contributed by atoms with E-state index >= 15 is 0 Å². The lowest BCUT2D eigenvalue weighted by molar-refractivity contribution is -0.139. The van der Waals surface area contributed by atoms with E-state index in [1.165, 1.54) is 23.9 Å². The standard InChI is InChI=1S/C26H37N3O5S/c1-6-29(24(32)21(15-16-35-5)28-25(33)34-26(2,3)4)22(18-11-10-14-20(30)17-18)23(31)27-19-12-8-7-9-13-19/h1,10-11,14,17,19,21-22,30H,7-9,12-13,15-16H2,2-5H3,(H,27,31)(H,28,33). The molecule has 1 saturated carbocycles. The Bertz CT molecular complexity index is 918. The van der Waals surface area contributed by atoms with Crippen LogP contribution in [-0.4, -0.2) is 57.6 Å². The van der Waals surface area contributed by atoms with Crippen LogP contribution in [0.2, 0.25) is 0 Å². The number of nitrogens with one attached hydrogen (secondary N) is 2. The van der Waals surface area contributed by atoms with Crippen molar-refractivity contribution in [1.82, 2.24) is 15.5 Å². The number of rotatable bonds is 9. The smallest absolute Gasteiger partial charge is 0.408 e. The van der Waals surface area contributed by atoms with E-state index < -0.39 is 35.6 Å². The number of thioether (sulfide) groups is 1. The minimum atomic E-state index is -1.17. The van der Waals surface area contributed by atoms with Crippen LogP contribution in [-0.2, 0) is 14.3 Å². The number of aromatic hydroxyl groups is 1. The van der Waals surface area contributed by atoms with Crippen molar-refractivity contribution in [2.45, 2.75) is 83.0 Å². The second-order valence-corrected chi connectivity index (χ2v) is 10.6. The molecule has 192 valence electrons. The molecule has 1 aliphatic rings. The van der Waals surface area contributed by atoms with Crippen LogP contribution < -0.4 is 10.6 Å². The third kappa shape index (κ3) is 9.02. The molecule has 0 aliphatic heterocycles. The fraction of sp³-hybridized carbons (Fsp3) is 0.577. The molecule has 0 saturated heterocycles. The van der Waals surface area contributed by atoms with Crippen molar-refractivity contribution in [2.75, 3.05) is 12.0 Å². The predicted octanol–water partition coefficient (Wildman–Crippen LogP) is 3.95. The highest BCUT2D eigenvalue weighted by atomic mass is 32.2. The zero-order valence-electron chi connectivity index (χ0n) is 21.0. The van der Waals surface area contributed by atoms with Gasteiger partial charge in [0, 0.05) is 12.1 Å². The van der Waals surface area contributed by atoms with Gasteiger partial charge in [-0.15, -0.1) is 0 Å². The molecular formula is C26H37N3O5S. The van der Waals surface area contributed by atoms with E-state index in [-0.39, 0.29) is 11.8 Å². The molecule has 3 amide bonds. The van der Waals surface area contributed by atoms with Crippen LogP contribution in [0.4, 0.5) is 4.79 Å². The van der Waals surface area contributed by atoms with Gasteiger partial charge in [0.1, 0.15) is 23.4 Å². The number of hydrogen-bond acceptors (Lipinski definition) is 6. The lowest BCUT2D eigenvalue weighted by Gasteiger charge is -2.32. The van der Waals surface area contributed by atoms with E-state index in [1.807, 2.05) is 6.26 Å². The van der Waals surface area contributed by atoms with Crippen LogP contribution in [0.25, 0.3) is 0 Å². The number of carbonyl (C=O) groups excluding carboxylic acids is 3. The number of carbonyl (C=O) groups is 3. The molecule has 0 spiro atoms. The summed E-state index contributed by atoms with van der Waals surface area (Å²) in [4.78, 5) is 40.6. The van der Waals surface area contributed by atoms with Crippen molar-refractivity contribution in [1.29, 1.82) is 0 Å². The molecule has 0 heterocycles. The summed E-state index contributed by atoms with van der Waals surface area (Å²) in [6.45, 7) is 5.19. The van der Waals surface area contributed by atoms with Gasteiger partial charge in [0.05, 0.1) is 0 Å². The number of phenolic OH excluding ortho intramolecular Hbond substituents is 1. The Morgan fingerprint density at radius 2 is 1.94 bits per heavy atom. The Morgan fingerprint density at radius 3 is 2.51 bits per heavy atom. The van der Waals surface area contributed by atoms with E-state index in [2.05, 4.69) is 16.7 Å². The molecule has 2 atom stereocenters. The Balaban J connectivity index is 2.36. The van der Waals surface area contributed by atoms with Gasteiger partial charge in [-0.05, 0) is 69.7 Å². The predicted molar refractivity (Wildman–Crippen MR) is 138 cm³/mol. The molecular weight excluding hydrogens is 466 g/mol. The first-order valence-electron chi connectivity index (χ1n) is 11.9. The van der Waals surface area contributed by atoms with Crippen LogP contribution in [0.5, 0.6) is 5.75 Å². The number of phenols is 1. The molecule has 2 unspecified atom stereocenters. The number of nitrogens with zero attached hydrogens (tertiary/aromatic N) is 1. The first-order chi connectivity index (χ1) is 16.6. The van der Waals surface area contributed by atoms with E-state index in [4.69, 9.17) is 11.2 Å². The molecule has 9 heteroatoms. The second-order valence-electron chi connectivity index (χ2n) is 9.66. The summed E-state index contributed by atoms with van der Waals surface area (Å²) >= 11 is 1.52. The van der Waals surface area contributed by atoms with Crippen molar-refractivity contribution in [3.05, 3.63) is 29.8 Å². The molecule has 1 aromatic carbocycles. The third-order valence-electron chi connectivity index (χ3n) is 5.62. The number of alkyl carbamates (subject to hydrolysis) is 1. The van der Waals surface area contributed by atoms with E-state index in [1.54, 1.807) is 32.9 Å². The Morgan fingerprint density at radius 1 is 1.26 bits per heavy atom. The minimum Gasteiger partial charge on any atom is -0.508 e. The number of ether oxygens (including phenoxy) is 1. The number of benzene rings is 1. The number of amides is 3. The zero-order valence-corrected chi connectivity index (χ0v) is 21.8. The largest absolute Gasteiger partial charge is 0.508 e. The minimum absolute atomic E-state index is 0.00189. The van der Waals surface area contributed by atoms with Gasteiger partial charge >= 0.3 is 6.09 Å². The van der Waals surface area contributed by atoms with Crippen LogP contribution in [0.3, 0.4) is 0 Å². The summed E-state index contributed by atoms with van der Waals surface area (Å²) in [6, 6.07) is 6.33. The fourth-order valence-corrected chi connectivity index (χ4v) is 4.49. The SMILES string of the molecule is C#CN(C(=O)C(CCSC)NC(=O)OC(C)(C)C)C(C(=O)NC1CCCCC1)c1cccc(O)c1. The summed E-state index contributed by atoms with van der Waals surface area (Å²) in [5, 5.41) is 15.7. The molecule has 35 heavy (non-hydrogen) atoms. The quantitative estimate of drug-likeness (QED) is 0.348. The normalized spacial score (nSPS) is 15.9. The maximum atomic E-state index is 13.6. The molecule has 0 bridgehead atoms. The van der Waals surface area contributed by atoms with E-state index in [0.717, 1.165) is 37.0 Å².